The van der Waals surface area contributed by atoms with E-state index < -0.39 is 0 Å². The minimum Gasteiger partial charge on any atom is -0.297 e. The van der Waals surface area contributed by atoms with Crippen LogP contribution >= 0.6 is 23.1 Å². The first kappa shape index (κ1) is 9.81. The standard InChI is InChI=1S/C9H12OS2/c1-9(2,3)12-8-4-7(5-10)11-6-8/h4-6H,1-3H3. The molecule has 0 saturated carbocycles. The van der Waals surface area contributed by atoms with Gasteiger partial charge in [0.25, 0.3) is 0 Å². The van der Waals surface area contributed by atoms with Gasteiger partial charge in [-0.25, -0.2) is 0 Å². The van der Waals surface area contributed by atoms with Crippen LogP contribution in [0.4, 0.5) is 0 Å². The van der Waals surface area contributed by atoms with Crippen LogP contribution in [0.1, 0.15) is 30.4 Å². The van der Waals surface area contributed by atoms with Crippen molar-refractivity contribution in [1.82, 2.24) is 0 Å². The van der Waals surface area contributed by atoms with E-state index in [1.54, 1.807) is 11.8 Å². The van der Waals surface area contributed by atoms with Gasteiger partial charge >= 0.3 is 0 Å². The fourth-order valence-electron chi connectivity index (χ4n) is 0.803. The molecular formula is C9H12OS2. The number of carbonyl (C=O) groups is 1. The quantitative estimate of drug-likeness (QED) is 0.537. The zero-order valence-corrected chi connectivity index (χ0v) is 9.09. The lowest BCUT2D eigenvalue weighted by atomic mass is 10.3. The lowest BCUT2D eigenvalue weighted by Crippen LogP contribution is -2.05. The van der Waals surface area contributed by atoms with Crippen molar-refractivity contribution < 1.29 is 4.79 Å². The van der Waals surface area contributed by atoms with Crippen LogP contribution in [0.2, 0.25) is 0 Å². The number of thioether (sulfide) groups is 1. The van der Waals surface area contributed by atoms with Crippen LogP contribution in [0.15, 0.2) is 16.3 Å². The highest BCUT2D eigenvalue weighted by atomic mass is 32.2. The summed E-state index contributed by atoms with van der Waals surface area (Å²) in [6, 6.07) is 1.94. The van der Waals surface area contributed by atoms with E-state index in [1.807, 2.05) is 11.4 Å². The van der Waals surface area contributed by atoms with E-state index in [-0.39, 0.29) is 4.75 Å². The maximum absolute atomic E-state index is 10.4. The molecule has 66 valence electrons. The maximum atomic E-state index is 10.4. The molecule has 0 unspecified atom stereocenters. The molecule has 0 amide bonds. The molecule has 12 heavy (non-hydrogen) atoms. The van der Waals surface area contributed by atoms with Crippen molar-refractivity contribution in [3.05, 3.63) is 16.3 Å². The molecule has 0 spiro atoms. The normalized spacial score (nSPS) is 11.6. The van der Waals surface area contributed by atoms with E-state index in [4.69, 9.17) is 0 Å². The van der Waals surface area contributed by atoms with Gasteiger partial charge in [0.1, 0.15) is 0 Å². The van der Waals surface area contributed by atoms with Crippen LogP contribution in [-0.4, -0.2) is 11.0 Å². The van der Waals surface area contributed by atoms with Gasteiger partial charge < -0.3 is 0 Å². The smallest absolute Gasteiger partial charge is 0.160 e. The molecule has 1 aromatic rings. The number of thiophene rings is 1. The summed E-state index contributed by atoms with van der Waals surface area (Å²) in [4.78, 5) is 12.4. The second kappa shape index (κ2) is 3.62. The topological polar surface area (TPSA) is 17.1 Å². The first-order valence-corrected chi connectivity index (χ1v) is 5.43. The van der Waals surface area contributed by atoms with Gasteiger partial charge in [-0.2, -0.15) is 0 Å². The van der Waals surface area contributed by atoms with Crippen molar-refractivity contribution in [1.29, 1.82) is 0 Å². The van der Waals surface area contributed by atoms with Crippen LogP contribution in [0.5, 0.6) is 0 Å². The largest absolute Gasteiger partial charge is 0.297 e. The Balaban J connectivity index is 2.70. The summed E-state index contributed by atoms with van der Waals surface area (Å²) >= 11 is 3.29. The predicted octanol–water partition coefficient (Wildman–Crippen LogP) is 3.45. The molecule has 1 rings (SSSR count). The molecule has 0 N–H and O–H groups in total. The molecule has 0 bridgehead atoms. The van der Waals surface area contributed by atoms with Gasteiger partial charge in [-0.1, -0.05) is 20.8 Å². The third-order valence-corrected chi connectivity index (χ3v) is 3.23. The Morgan fingerprint density at radius 2 is 2.17 bits per heavy atom. The zero-order chi connectivity index (χ0) is 9.19. The molecule has 0 aromatic carbocycles. The van der Waals surface area contributed by atoms with Crippen molar-refractivity contribution >= 4 is 29.4 Å². The number of aldehydes is 1. The summed E-state index contributed by atoms with van der Waals surface area (Å²) < 4.78 is 0.223. The molecule has 0 aliphatic rings. The summed E-state index contributed by atoms with van der Waals surface area (Å²) in [7, 11) is 0. The lowest BCUT2D eigenvalue weighted by molar-refractivity contribution is 0.112. The number of rotatable bonds is 2. The van der Waals surface area contributed by atoms with Crippen molar-refractivity contribution in [2.24, 2.45) is 0 Å². The lowest BCUT2D eigenvalue weighted by Gasteiger charge is -2.15. The second-order valence-electron chi connectivity index (χ2n) is 3.52. The molecule has 0 radical (unpaired) electrons. The van der Waals surface area contributed by atoms with E-state index in [1.165, 1.54) is 16.2 Å². The molecule has 1 aromatic heterocycles. The zero-order valence-electron chi connectivity index (χ0n) is 7.46. The van der Waals surface area contributed by atoms with Gasteiger partial charge in [0, 0.05) is 15.0 Å². The average Bonchev–Trinajstić information content (AvgIpc) is 2.32. The molecule has 0 aliphatic heterocycles. The Morgan fingerprint density at radius 3 is 2.58 bits per heavy atom. The van der Waals surface area contributed by atoms with E-state index in [9.17, 15) is 4.79 Å². The highest BCUT2D eigenvalue weighted by Gasteiger charge is 2.12. The molecule has 0 fully saturated rings. The second-order valence-corrected chi connectivity index (χ2v) is 6.36. The first-order valence-electron chi connectivity index (χ1n) is 3.74. The number of carbonyl (C=O) groups excluding carboxylic acids is 1. The fraction of sp³-hybridized carbons (Fsp3) is 0.444. The van der Waals surface area contributed by atoms with E-state index in [2.05, 4.69) is 20.8 Å². The summed E-state index contributed by atoms with van der Waals surface area (Å²) in [6.45, 7) is 6.49. The third-order valence-electron chi connectivity index (χ3n) is 1.14. The average molecular weight is 200 g/mol. The van der Waals surface area contributed by atoms with Crippen LogP contribution in [0.3, 0.4) is 0 Å². The summed E-state index contributed by atoms with van der Waals surface area (Å²) in [5.74, 6) is 0. The predicted molar refractivity (Wildman–Crippen MR) is 55.3 cm³/mol. The molecule has 0 aliphatic carbocycles. The molecule has 1 heterocycles. The Bertz CT molecular complexity index is 270. The van der Waals surface area contributed by atoms with Gasteiger partial charge in [-0.15, -0.1) is 23.1 Å². The van der Waals surface area contributed by atoms with Crippen LogP contribution < -0.4 is 0 Å². The fourth-order valence-corrected chi connectivity index (χ4v) is 2.68. The Morgan fingerprint density at radius 1 is 1.50 bits per heavy atom. The van der Waals surface area contributed by atoms with Gasteiger partial charge in [0.15, 0.2) is 6.29 Å². The molecular weight excluding hydrogens is 188 g/mol. The summed E-state index contributed by atoms with van der Waals surface area (Å²) in [6.07, 6.45) is 0.900. The van der Waals surface area contributed by atoms with Crippen LogP contribution in [-0.2, 0) is 0 Å². The van der Waals surface area contributed by atoms with Crippen molar-refractivity contribution in [3.63, 3.8) is 0 Å². The molecule has 1 nitrogen and oxygen atoms in total. The van der Waals surface area contributed by atoms with Crippen molar-refractivity contribution in [2.45, 2.75) is 30.4 Å². The van der Waals surface area contributed by atoms with Gasteiger partial charge in [-0.3, -0.25) is 4.79 Å². The summed E-state index contributed by atoms with van der Waals surface area (Å²) in [5, 5.41) is 2.03. The monoisotopic (exact) mass is 200 g/mol. The van der Waals surface area contributed by atoms with E-state index in [0.717, 1.165) is 11.2 Å². The minimum atomic E-state index is 0.223. The van der Waals surface area contributed by atoms with Crippen LogP contribution in [0.25, 0.3) is 0 Å². The molecule has 0 atom stereocenters. The maximum Gasteiger partial charge on any atom is 0.160 e. The van der Waals surface area contributed by atoms with Gasteiger partial charge in [0.2, 0.25) is 0 Å². The van der Waals surface area contributed by atoms with Crippen molar-refractivity contribution in [3.8, 4) is 0 Å². The highest BCUT2D eigenvalue weighted by molar-refractivity contribution is 8.00. The van der Waals surface area contributed by atoms with Crippen LogP contribution in [0, 0.1) is 0 Å². The Kier molecular flexibility index (Phi) is 2.96. The summed E-state index contributed by atoms with van der Waals surface area (Å²) in [5.41, 5.74) is 0. The van der Waals surface area contributed by atoms with E-state index >= 15 is 0 Å². The Labute approximate surface area is 81.2 Å². The van der Waals surface area contributed by atoms with Crippen molar-refractivity contribution in [2.75, 3.05) is 0 Å². The van der Waals surface area contributed by atoms with Gasteiger partial charge in [0.05, 0.1) is 4.88 Å². The number of hydrogen-bond acceptors (Lipinski definition) is 3. The highest BCUT2D eigenvalue weighted by Crippen LogP contribution is 2.34. The first-order chi connectivity index (χ1) is 5.51. The molecule has 3 heteroatoms. The Hall–Kier alpha value is -0.280. The number of hydrogen-bond donors (Lipinski definition) is 0. The van der Waals surface area contributed by atoms with E-state index in [0.29, 0.717) is 0 Å². The third kappa shape index (κ3) is 2.99. The molecule has 0 saturated heterocycles. The minimum absolute atomic E-state index is 0.223. The SMILES string of the molecule is CC(C)(C)Sc1csc(C=O)c1. The van der Waals surface area contributed by atoms with Gasteiger partial charge in [-0.05, 0) is 6.07 Å².